The van der Waals surface area contributed by atoms with Crippen molar-refractivity contribution in [1.29, 1.82) is 0 Å². The molecule has 0 spiro atoms. The van der Waals surface area contributed by atoms with Crippen LogP contribution in [0.3, 0.4) is 0 Å². The van der Waals surface area contributed by atoms with Crippen molar-refractivity contribution in [3.63, 3.8) is 0 Å². The van der Waals surface area contributed by atoms with E-state index in [0.717, 1.165) is 11.5 Å². The number of carbonyl (C=O) groups excluding carboxylic acids is 4. The van der Waals surface area contributed by atoms with Gasteiger partial charge in [-0.15, -0.1) is 0 Å². The zero-order chi connectivity index (χ0) is 18.3. The quantitative estimate of drug-likeness (QED) is 0.303. The first-order valence-electron chi connectivity index (χ1n) is 6.40. The van der Waals surface area contributed by atoms with Crippen LogP contribution in [-0.4, -0.2) is 76.2 Å². The lowest BCUT2D eigenvalue weighted by molar-refractivity contribution is -0.191. The number of carbonyl (C=O) groups is 3. The Morgan fingerprint density at radius 3 is 1.89 bits per heavy atom. The van der Waals surface area contributed by atoms with E-state index in [0.29, 0.717) is 12.8 Å². The predicted octanol–water partition coefficient (Wildman–Crippen LogP) is -0.700. The van der Waals surface area contributed by atoms with Crippen LogP contribution in [0.1, 0.15) is 27.7 Å². The van der Waals surface area contributed by atoms with Gasteiger partial charge < -0.3 is 33.3 Å². The fourth-order valence-corrected chi connectivity index (χ4v) is 2.23. The number of imide groups is 1. The molecule has 0 saturated carbocycles. The van der Waals surface area contributed by atoms with Gasteiger partial charge in [-0.25, -0.2) is 4.79 Å². The van der Waals surface area contributed by atoms with Crippen molar-refractivity contribution in [3.05, 3.63) is 0 Å². The molecule has 12 N–H and O–H groups in total. The highest BCUT2D eigenvalue weighted by Gasteiger charge is 2.28. The van der Waals surface area contributed by atoms with Crippen LogP contribution in [-0.2, 0) is 19.2 Å². The van der Waals surface area contributed by atoms with Crippen molar-refractivity contribution in [2.24, 2.45) is 5.73 Å². The molecule has 172 valence electrons. The average molecular weight is 453 g/mol. The lowest BCUT2D eigenvalue weighted by Gasteiger charge is -2.03. The highest BCUT2D eigenvalue weighted by Crippen LogP contribution is 2.03. The number of amides is 3. The summed E-state index contributed by atoms with van der Waals surface area (Å²) in [5.41, 5.74) is 5.19. The van der Waals surface area contributed by atoms with Crippen molar-refractivity contribution < 1.29 is 40.0 Å². The molecule has 1 rings (SSSR count). The first-order chi connectivity index (χ1) is 10.8. The summed E-state index contributed by atoms with van der Waals surface area (Å²) in [6, 6.07) is -1.37. The highest BCUT2D eigenvalue weighted by molar-refractivity contribution is 7.98. The number of hydrogen-bond acceptors (Lipinski definition) is 9. The van der Waals surface area contributed by atoms with E-state index in [1.54, 1.807) is 23.5 Å². The summed E-state index contributed by atoms with van der Waals surface area (Å²) in [5, 5.41) is 13.0. The molecule has 14 heteroatoms. The molecule has 0 aromatic carbocycles. The van der Waals surface area contributed by atoms with Crippen LogP contribution in [0.15, 0.2) is 0 Å². The second kappa shape index (κ2) is 30.1. The van der Waals surface area contributed by atoms with Crippen LogP contribution >= 0.6 is 23.5 Å². The Morgan fingerprint density at radius 2 is 1.61 bits per heavy atom. The van der Waals surface area contributed by atoms with E-state index in [9.17, 15) is 14.4 Å². The van der Waals surface area contributed by atoms with Gasteiger partial charge in [0.05, 0.1) is 0 Å². The zero-order valence-corrected chi connectivity index (χ0v) is 16.2. The molecule has 0 aromatic rings. The normalized spacial score (nSPS) is 13.6. The summed E-state index contributed by atoms with van der Waals surface area (Å²) >= 11 is 3.26. The van der Waals surface area contributed by atoms with Crippen LogP contribution in [0.4, 0.5) is 4.79 Å². The molecule has 2 unspecified atom stereocenters. The highest BCUT2D eigenvalue weighted by atomic mass is 32.2. The van der Waals surface area contributed by atoms with Gasteiger partial charge in [0.2, 0.25) is 0 Å². The lowest BCUT2D eigenvalue weighted by Crippen LogP contribution is -2.30. The summed E-state index contributed by atoms with van der Waals surface area (Å²) in [6.07, 6.45) is 5.40. The van der Waals surface area contributed by atoms with Crippen LogP contribution < -0.4 is 22.5 Å². The number of thioether (sulfide) groups is 2. The molecule has 1 heterocycles. The molecule has 0 aromatic heterocycles. The van der Waals surface area contributed by atoms with Gasteiger partial charge in [-0.3, -0.25) is 14.9 Å². The minimum atomic E-state index is -0.913. The molecule has 3 amide bonds. The standard InChI is InChI=1S/C6H10N2O2S.C5H11NO2S.CO2.2CH4.H3N.2H2O/c1-11-3-2-4-5(9)8-6(10)7-4;1-9-3-2-4(6)5(7)8;2-1-3;;;;;/h4H,2-3H2,1H3,(H2,7,8,9,10);4H,2-3,6H2,1H3,(H,7,8);;2*1H4;1H3;2*1H2. The molecule has 0 aliphatic carbocycles. The summed E-state index contributed by atoms with van der Waals surface area (Å²) in [6.45, 7) is 0. The van der Waals surface area contributed by atoms with E-state index in [4.69, 9.17) is 20.4 Å². The fourth-order valence-electron chi connectivity index (χ4n) is 1.27. The molecule has 12 nitrogen and oxygen atoms in total. The third-order valence-electron chi connectivity index (χ3n) is 2.42. The Morgan fingerprint density at radius 1 is 1.18 bits per heavy atom. The molecule has 1 aliphatic heterocycles. The molecular formula is C14H36N4O8S2. The molecule has 1 saturated heterocycles. The van der Waals surface area contributed by atoms with Gasteiger partial charge in [0.15, 0.2) is 0 Å². The van der Waals surface area contributed by atoms with Gasteiger partial charge in [-0.1, -0.05) is 14.9 Å². The minimum absolute atomic E-state index is 0. The monoisotopic (exact) mass is 452 g/mol. The Bertz CT molecular complexity index is 424. The fraction of sp³-hybridized carbons (Fsp3) is 0.714. The second-order valence-electron chi connectivity index (χ2n) is 4.11. The molecule has 1 aliphatic rings. The Kier molecular flexibility index (Phi) is 48.6. The van der Waals surface area contributed by atoms with E-state index in [1.807, 2.05) is 12.5 Å². The number of nitrogens with one attached hydrogen (secondary N) is 2. The first kappa shape index (κ1) is 45.2. The van der Waals surface area contributed by atoms with E-state index >= 15 is 0 Å². The number of nitrogens with two attached hydrogens (primary N) is 1. The van der Waals surface area contributed by atoms with Gasteiger partial charge in [0.25, 0.3) is 5.91 Å². The third kappa shape index (κ3) is 26.6. The number of aliphatic carboxylic acids is 1. The van der Waals surface area contributed by atoms with Crippen LogP contribution in [0.25, 0.3) is 0 Å². The largest absolute Gasteiger partial charge is 0.480 e. The number of carboxylic acid groups (broad SMARTS) is 1. The topological polar surface area (TPSA) is 254 Å². The predicted molar refractivity (Wildman–Crippen MR) is 113 cm³/mol. The Balaban J connectivity index is -0.0000000482. The molecular weight excluding hydrogens is 416 g/mol. The van der Waals surface area contributed by atoms with Crippen molar-refractivity contribution >= 4 is 47.6 Å². The number of carboxylic acids is 1. The average Bonchev–Trinajstić information content (AvgIpc) is 2.81. The van der Waals surface area contributed by atoms with Gasteiger partial charge in [-0.05, 0) is 36.9 Å². The summed E-state index contributed by atoms with van der Waals surface area (Å²) in [4.78, 5) is 47.8. The number of rotatable bonds is 7. The Hall–Kier alpha value is -1.67. The molecule has 0 radical (unpaired) electrons. The van der Waals surface area contributed by atoms with E-state index in [1.165, 1.54) is 0 Å². The van der Waals surface area contributed by atoms with E-state index in [2.05, 4.69) is 10.6 Å². The van der Waals surface area contributed by atoms with Crippen molar-refractivity contribution in [1.82, 2.24) is 16.8 Å². The molecule has 28 heavy (non-hydrogen) atoms. The van der Waals surface area contributed by atoms with Crippen molar-refractivity contribution in [2.75, 3.05) is 24.0 Å². The van der Waals surface area contributed by atoms with Crippen LogP contribution in [0.2, 0.25) is 0 Å². The smallest absolute Gasteiger partial charge is 0.373 e. The maximum Gasteiger partial charge on any atom is 0.373 e. The van der Waals surface area contributed by atoms with Crippen LogP contribution in [0.5, 0.6) is 0 Å². The van der Waals surface area contributed by atoms with E-state index < -0.39 is 12.0 Å². The summed E-state index contributed by atoms with van der Waals surface area (Å²) in [7, 11) is 0. The van der Waals surface area contributed by atoms with Crippen molar-refractivity contribution in [2.45, 2.75) is 39.8 Å². The lowest BCUT2D eigenvalue weighted by atomic mass is 10.2. The van der Waals surface area contributed by atoms with Crippen LogP contribution in [0, 0.1) is 0 Å². The van der Waals surface area contributed by atoms with Gasteiger partial charge in [-0.2, -0.15) is 33.1 Å². The SMILES string of the molecule is C.C.CSCCC(N)C(=O)O.CSCCC1NC(=O)NC1=O.N.O.O.O=C=O. The minimum Gasteiger partial charge on any atom is -0.480 e. The molecule has 1 fully saturated rings. The third-order valence-corrected chi connectivity index (χ3v) is 3.71. The molecule has 2 atom stereocenters. The van der Waals surface area contributed by atoms with Gasteiger partial charge >= 0.3 is 18.2 Å². The van der Waals surface area contributed by atoms with Gasteiger partial charge in [0.1, 0.15) is 12.1 Å². The summed E-state index contributed by atoms with van der Waals surface area (Å²) in [5.74, 6) is 0.583. The maximum atomic E-state index is 10.9. The zero-order valence-electron chi connectivity index (χ0n) is 14.6. The second-order valence-corrected chi connectivity index (χ2v) is 6.08. The number of urea groups is 1. The summed E-state index contributed by atoms with van der Waals surface area (Å²) < 4.78 is 0. The number of hydrogen-bond donors (Lipinski definition) is 5. The van der Waals surface area contributed by atoms with Gasteiger partial charge in [0, 0.05) is 0 Å². The first-order valence-corrected chi connectivity index (χ1v) is 9.19. The Labute approximate surface area is 174 Å². The maximum absolute atomic E-state index is 10.9. The van der Waals surface area contributed by atoms with E-state index in [-0.39, 0.29) is 56.1 Å². The molecule has 0 bridgehead atoms. The van der Waals surface area contributed by atoms with Crippen molar-refractivity contribution in [3.8, 4) is 0 Å².